The van der Waals surface area contributed by atoms with Crippen molar-refractivity contribution < 1.29 is 27.5 Å². The number of rotatable bonds is 5. The van der Waals surface area contributed by atoms with Crippen LogP contribution in [0.3, 0.4) is 0 Å². The van der Waals surface area contributed by atoms with Gasteiger partial charge in [0.05, 0.1) is 11.1 Å². The number of ether oxygens (including phenoxy) is 1. The molecule has 142 valence electrons. The number of esters is 1. The summed E-state index contributed by atoms with van der Waals surface area (Å²) in [5, 5.41) is 0. The van der Waals surface area contributed by atoms with Crippen molar-refractivity contribution >= 4 is 11.8 Å². The third-order valence-electron chi connectivity index (χ3n) is 4.07. The minimum absolute atomic E-state index is 0.0743. The van der Waals surface area contributed by atoms with Crippen LogP contribution in [-0.2, 0) is 10.9 Å². The predicted octanol–water partition coefficient (Wildman–Crippen LogP) is 5.49. The van der Waals surface area contributed by atoms with E-state index in [1.165, 1.54) is 0 Å². The van der Waals surface area contributed by atoms with Crippen molar-refractivity contribution in [1.82, 2.24) is 0 Å². The van der Waals surface area contributed by atoms with E-state index >= 15 is 0 Å². The number of ketones is 1. The number of hydrogen-bond acceptors (Lipinski definition) is 3. The molecule has 3 aromatic rings. The maximum atomic E-state index is 12.9. The molecular weight excluding hydrogens is 369 g/mol. The second-order valence-electron chi connectivity index (χ2n) is 6.00. The zero-order valence-corrected chi connectivity index (χ0v) is 14.5. The Bertz CT molecular complexity index is 950. The first-order valence-electron chi connectivity index (χ1n) is 8.39. The molecule has 3 aromatic carbocycles. The molecule has 0 aromatic heterocycles. The Balaban J connectivity index is 1.87. The van der Waals surface area contributed by atoms with Gasteiger partial charge in [0.25, 0.3) is 0 Å². The van der Waals surface area contributed by atoms with Crippen molar-refractivity contribution in [2.75, 3.05) is 0 Å². The van der Waals surface area contributed by atoms with Gasteiger partial charge in [0.15, 0.2) is 6.10 Å². The van der Waals surface area contributed by atoms with Gasteiger partial charge >= 0.3 is 12.1 Å². The van der Waals surface area contributed by atoms with Crippen LogP contribution in [0.15, 0.2) is 84.9 Å². The average Bonchev–Trinajstić information content (AvgIpc) is 2.72. The quantitative estimate of drug-likeness (QED) is 0.432. The van der Waals surface area contributed by atoms with Crippen LogP contribution in [0.5, 0.6) is 0 Å². The van der Waals surface area contributed by atoms with Crippen LogP contribution >= 0.6 is 0 Å². The molecule has 0 N–H and O–H groups in total. The number of carbonyl (C=O) groups excluding carboxylic acids is 2. The molecule has 0 bridgehead atoms. The first kappa shape index (κ1) is 19.4. The van der Waals surface area contributed by atoms with E-state index in [2.05, 4.69) is 0 Å². The van der Waals surface area contributed by atoms with Gasteiger partial charge in [-0.2, -0.15) is 13.2 Å². The fourth-order valence-corrected chi connectivity index (χ4v) is 2.62. The van der Waals surface area contributed by atoms with Gasteiger partial charge in [-0.25, -0.2) is 4.79 Å². The minimum Gasteiger partial charge on any atom is -0.445 e. The molecule has 0 saturated carbocycles. The fraction of sp³-hybridized carbons (Fsp3) is 0.0909. The van der Waals surface area contributed by atoms with Crippen molar-refractivity contribution in [3.05, 3.63) is 107 Å². The van der Waals surface area contributed by atoms with Gasteiger partial charge in [-0.1, -0.05) is 60.7 Å². The van der Waals surface area contributed by atoms with E-state index in [4.69, 9.17) is 4.74 Å². The van der Waals surface area contributed by atoms with Gasteiger partial charge in [0, 0.05) is 11.1 Å². The highest BCUT2D eigenvalue weighted by Gasteiger charge is 2.31. The second kappa shape index (κ2) is 8.08. The molecule has 0 aliphatic rings. The molecule has 1 atom stereocenters. The molecule has 0 heterocycles. The molecule has 28 heavy (non-hydrogen) atoms. The summed E-state index contributed by atoms with van der Waals surface area (Å²) >= 11 is 0. The highest BCUT2D eigenvalue weighted by Crippen LogP contribution is 2.30. The maximum absolute atomic E-state index is 12.9. The Morgan fingerprint density at radius 2 is 1.25 bits per heavy atom. The molecule has 0 amide bonds. The Morgan fingerprint density at radius 3 is 1.79 bits per heavy atom. The van der Waals surface area contributed by atoms with Crippen LogP contribution in [0, 0.1) is 0 Å². The molecule has 0 radical (unpaired) electrons. The van der Waals surface area contributed by atoms with E-state index in [1.54, 1.807) is 60.7 Å². The largest absolute Gasteiger partial charge is 0.445 e. The van der Waals surface area contributed by atoms with Crippen molar-refractivity contribution in [2.45, 2.75) is 12.3 Å². The molecule has 6 heteroatoms. The van der Waals surface area contributed by atoms with E-state index in [0.717, 1.165) is 24.3 Å². The lowest BCUT2D eigenvalue weighted by Crippen LogP contribution is -2.20. The highest BCUT2D eigenvalue weighted by molar-refractivity contribution is 6.02. The van der Waals surface area contributed by atoms with Gasteiger partial charge in [-0.3, -0.25) is 4.79 Å². The topological polar surface area (TPSA) is 43.4 Å². The SMILES string of the molecule is O=C(O[C@H](C(=O)c1ccccc1)c1ccccc1)c1ccc(C(F)(F)F)cc1. The van der Waals surface area contributed by atoms with Crippen molar-refractivity contribution in [1.29, 1.82) is 0 Å². The van der Waals surface area contributed by atoms with Crippen LogP contribution in [0.1, 0.15) is 37.9 Å². The fourth-order valence-electron chi connectivity index (χ4n) is 2.62. The zero-order valence-electron chi connectivity index (χ0n) is 14.5. The van der Waals surface area contributed by atoms with E-state index in [9.17, 15) is 22.8 Å². The normalized spacial score (nSPS) is 12.2. The maximum Gasteiger partial charge on any atom is 0.416 e. The Hall–Kier alpha value is -3.41. The number of Topliss-reactive ketones (excluding diaryl/α,β-unsaturated/α-hetero) is 1. The first-order valence-corrected chi connectivity index (χ1v) is 8.39. The van der Waals surface area contributed by atoms with E-state index in [-0.39, 0.29) is 5.56 Å². The van der Waals surface area contributed by atoms with E-state index < -0.39 is 29.6 Å². The van der Waals surface area contributed by atoms with Crippen LogP contribution in [-0.4, -0.2) is 11.8 Å². The summed E-state index contributed by atoms with van der Waals surface area (Å²) in [7, 11) is 0. The summed E-state index contributed by atoms with van der Waals surface area (Å²) in [6.45, 7) is 0. The Kier molecular flexibility index (Phi) is 5.59. The molecular formula is C22H15F3O3. The predicted molar refractivity (Wildman–Crippen MR) is 96.8 cm³/mol. The lowest BCUT2D eigenvalue weighted by atomic mass is 9.99. The van der Waals surface area contributed by atoms with Crippen LogP contribution < -0.4 is 0 Å². The highest BCUT2D eigenvalue weighted by atomic mass is 19.4. The molecule has 3 rings (SSSR count). The first-order chi connectivity index (χ1) is 13.4. The monoisotopic (exact) mass is 384 g/mol. The van der Waals surface area contributed by atoms with E-state index in [1.807, 2.05) is 0 Å². The lowest BCUT2D eigenvalue weighted by molar-refractivity contribution is -0.137. The number of benzene rings is 3. The summed E-state index contributed by atoms with van der Waals surface area (Å²) in [6.07, 6.45) is -5.71. The van der Waals surface area contributed by atoms with Crippen LogP contribution in [0.2, 0.25) is 0 Å². The molecule has 0 fully saturated rings. The number of halogens is 3. The van der Waals surface area contributed by atoms with Crippen LogP contribution in [0.4, 0.5) is 13.2 Å². The number of carbonyl (C=O) groups is 2. The molecule has 0 unspecified atom stereocenters. The van der Waals surface area contributed by atoms with Gasteiger partial charge in [0.1, 0.15) is 0 Å². The Labute approximate surface area is 159 Å². The summed E-state index contributed by atoms with van der Waals surface area (Å²) in [5.41, 5.74) is -0.119. The van der Waals surface area contributed by atoms with Gasteiger partial charge < -0.3 is 4.74 Å². The van der Waals surface area contributed by atoms with E-state index in [0.29, 0.717) is 11.1 Å². The average molecular weight is 384 g/mol. The summed E-state index contributed by atoms with van der Waals surface area (Å²) in [4.78, 5) is 25.3. The third kappa shape index (κ3) is 4.46. The van der Waals surface area contributed by atoms with Crippen LogP contribution in [0.25, 0.3) is 0 Å². The lowest BCUT2D eigenvalue weighted by Gasteiger charge is -2.18. The number of hydrogen-bond donors (Lipinski definition) is 0. The molecule has 0 aliphatic carbocycles. The zero-order chi connectivity index (χ0) is 20.1. The minimum atomic E-state index is -4.50. The summed E-state index contributed by atoms with van der Waals surface area (Å²) in [5.74, 6) is -1.31. The second-order valence-corrected chi connectivity index (χ2v) is 6.00. The van der Waals surface area contributed by atoms with Crippen molar-refractivity contribution in [2.24, 2.45) is 0 Å². The summed E-state index contributed by atoms with van der Waals surface area (Å²) < 4.78 is 43.4. The standard InChI is InChI=1S/C22H15F3O3/c23-22(24,25)18-13-11-17(12-14-18)21(27)28-20(16-9-5-2-6-10-16)19(26)15-7-3-1-4-8-15/h1-14,20H/t20-/m0/s1. The Morgan fingerprint density at radius 1 is 0.714 bits per heavy atom. The summed E-state index contributed by atoms with van der Waals surface area (Å²) in [6, 6.07) is 20.4. The van der Waals surface area contributed by atoms with Crippen molar-refractivity contribution in [3.8, 4) is 0 Å². The third-order valence-corrected chi connectivity index (χ3v) is 4.07. The van der Waals surface area contributed by atoms with Gasteiger partial charge in [-0.05, 0) is 24.3 Å². The van der Waals surface area contributed by atoms with Crippen molar-refractivity contribution in [3.63, 3.8) is 0 Å². The molecule has 0 aliphatic heterocycles. The van der Waals surface area contributed by atoms with Gasteiger partial charge in [0.2, 0.25) is 5.78 Å². The molecule has 0 saturated heterocycles. The molecule has 3 nitrogen and oxygen atoms in total. The molecule has 0 spiro atoms. The van der Waals surface area contributed by atoms with Gasteiger partial charge in [-0.15, -0.1) is 0 Å². The number of alkyl halides is 3. The smallest absolute Gasteiger partial charge is 0.416 e.